The standard InChI is InChI=1S/C20H25N3O4/c1-13-6-8-16(9-7-13)18(23-15(3)24)11-19(25)22-14(2)20(26)21-12-17-5-4-10-27-17/h4-10,14,18H,11-12H2,1-3H3,(H,21,26)(H,22,25)(H,23,24). The maximum atomic E-state index is 12.4. The van der Waals surface area contributed by atoms with Crippen LogP contribution in [0.25, 0.3) is 0 Å². The zero-order valence-electron chi connectivity index (χ0n) is 15.7. The van der Waals surface area contributed by atoms with Gasteiger partial charge in [0.15, 0.2) is 0 Å². The van der Waals surface area contributed by atoms with Gasteiger partial charge in [0.05, 0.1) is 25.3 Å². The van der Waals surface area contributed by atoms with Gasteiger partial charge in [0.1, 0.15) is 11.8 Å². The number of benzene rings is 1. The van der Waals surface area contributed by atoms with E-state index in [0.29, 0.717) is 5.76 Å². The number of carbonyl (C=O) groups excluding carboxylic acids is 3. The first-order valence-electron chi connectivity index (χ1n) is 8.78. The molecule has 0 saturated heterocycles. The van der Waals surface area contributed by atoms with Crippen LogP contribution < -0.4 is 16.0 Å². The van der Waals surface area contributed by atoms with Gasteiger partial charge < -0.3 is 20.4 Å². The summed E-state index contributed by atoms with van der Waals surface area (Å²) < 4.78 is 5.15. The summed E-state index contributed by atoms with van der Waals surface area (Å²) in [4.78, 5) is 36.0. The zero-order valence-corrected chi connectivity index (χ0v) is 15.7. The molecule has 1 aromatic carbocycles. The van der Waals surface area contributed by atoms with Crippen LogP contribution in [0.4, 0.5) is 0 Å². The van der Waals surface area contributed by atoms with Crippen LogP contribution >= 0.6 is 0 Å². The van der Waals surface area contributed by atoms with Gasteiger partial charge in [-0.25, -0.2) is 0 Å². The molecule has 144 valence electrons. The molecular formula is C20H25N3O4. The van der Waals surface area contributed by atoms with Crippen LogP contribution in [0.15, 0.2) is 47.1 Å². The molecule has 3 N–H and O–H groups in total. The van der Waals surface area contributed by atoms with E-state index in [2.05, 4.69) is 16.0 Å². The molecule has 2 atom stereocenters. The molecule has 1 heterocycles. The Bertz CT molecular complexity index is 769. The second kappa shape index (κ2) is 9.56. The number of nitrogens with one attached hydrogen (secondary N) is 3. The average molecular weight is 371 g/mol. The SMILES string of the molecule is CC(=O)NC(CC(=O)NC(C)C(=O)NCc1ccco1)c1ccc(C)cc1. The molecule has 2 rings (SSSR count). The monoisotopic (exact) mass is 371 g/mol. The lowest BCUT2D eigenvalue weighted by molar-refractivity contribution is -0.129. The summed E-state index contributed by atoms with van der Waals surface area (Å²) in [6.45, 7) is 5.23. The maximum absolute atomic E-state index is 12.4. The Hall–Kier alpha value is -3.09. The smallest absolute Gasteiger partial charge is 0.242 e. The summed E-state index contributed by atoms with van der Waals surface area (Å²) >= 11 is 0. The highest BCUT2D eigenvalue weighted by Gasteiger charge is 2.20. The molecule has 1 aromatic heterocycles. The van der Waals surface area contributed by atoms with Crippen molar-refractivity contribution in [2.75, 3.05) is 0 Å². The molecule has 7 nitrogen and oxygen atoms in total. The number of hydrogen-bond donors (Lipinski definition) is 3. The van der Waals surface area contributed by atoms with Gasteiger partial charge in [-0.2, -0.15) is 0 Å². The lowest BCUT2D eigenvalue weighted by Crippen LogP contribution is -2.45. The molecule has 0 fully saturated rings. The third kappa shape index (κ3) is 6.62. The third-order valence-corrected chi connectivity index (χ3v) is 4.03. The summed E-state index contributed by atoms with van der Waals surface area (Å²) in [6, 6.07) is 9.93. The van der Waals surface area contributed by atoms with Crippen molar-refractivity contribution in [3.05, 3.63) is 59.5 Å². The highest BCUT2D eigenvalue weighted by molar-refractivity contribution is 5.87. The number of carbonyl (C=O) groups is 3. The predicted molar refractivity (Wildman–Crippen MR) is 101 cm³/mol. The Morgan fingerprint density at radius 1 is 1.07 bits per heavy atom. The summed E-state index contributed by atoms with van der Waals surface area (Å²) in [5, 5.41) is 8.14. The quantitative estimate of drug-likeness (QED) is 0.660. The van der Waals surface area contributed by atoms with E-state index in [1.165, 1.54) is 13.2 Å². The second-order valence-corrected chi connectivity index (χ2v) is 6.45. The van der Waals surface area contributed by atoms with E-state index in [-0.39, 0.29) is 30.7 Å². The van der Waals surface area contributed by atoms with Crippen LogP contribution in [0.1, 0.15) is 43.2 Å². The molecule has 2 aromatic rings. The van der Waals surface area contributed by atoms with E-state index in [4.69, 9.17) is 4.42 Å². The van der Waals surface area contributed by atoms with Crippen molar-refractivity contribution in [2.24, 2.45) is 0 Å². The Morgan fingerprint density at radius 3 is 2.37 bits per heavy atom. The fourth-order valence-electron chi connectivity index (χ4n) is 2.59. The largest absolute Gasteiger partial charge is 0.467 e. The number of rotatable bonds is 8. The fourth-order valence-corrected chi connectivity index (χ4v) is 2.59. The van der Waals surface area contributed by atoms with Crippen molar-refractivity contribution >= 4 is 17.7 Å². The Balaban J connectivity index is 1.90. The first-order valence-corrected chi connectivity index (χ1v) is 8.78. The normalized spacial score (nSPS) is 12.7. The lowest BCUT2D eigenvalue weighted by Gasteiger charge is -2.20. The van der Waals surface area contributed by atoms with Crippen molar-refractivity contribution in [1.29, 1.82) is 0 Å². The van der Waals surface area contributed by atoms with Crippen molar-refractivity contribution in [2.45, 2.75) is 45.8 Å². The second-order valence-electron chi connectivity index (χ2n) is 6.45. The fraction of sp³-hybridized carbons (Fsp3) is 0.350. The predicted octanol–water partition coefficient (Wildman–Crippen LogP) is 1.98. The summed E-state index contributed by atoms with van der Waals surface area (Å²) in [7, 11) is 0. The summed E-state index contributed by atoms with van der Waals surface area (Å²) in [6.07, 6.45) is 1.57. The van der Waals surface area contributed by atoms with Crippen molar-refractivity contribution in [3.8, 4) is 0 Å². The van der Waals surface area contributed by atoms with Crippen molar-refractivity contribution in [1.82, 2.24) is 16.0 Å². The van der Waals surface area contributed by atoms with Gasteiger partial charge in [0.2, 0.25) is 17.7 Å². The van der Waals surface area contributed by atoms with Gasteiger partial charge in [-0.15, -0.1) is 0 Å². The van der Waals surface area contributed by atoms with E-state index >= 15 is 0 Å². The molecular weight excluding hydrogens is 346 g/mol. The van der Waals surface area contributed by atoms with Crippen molar-refractivity contribution < 1.29 is 18.8 Å². The molecule has 0 aliphatic carbocycles. The van der Waals surface area contributed by atoms with Gasteiger partial charge in [-0.05, 0) is 31.5 Å². The van der Waals surface area contributed by atoms with Gasteiger partial charge >= 0.3 is 0 Å². The van der Waals surface area contributed by atoms with E-state index in [0.717, 1.165) is 11.1 Å². The average Bonchev–Trinajstić information content (AvgIpc) is 3.12. The first-order chi connectivity index (χ1) is 12.8. The summed E-state index contributed by atoms with van der Waals surface area (Å²) in [5.74, 6) is -0.231. The molecule has 27 heavy (non-hydrogen) atoms. The van der Waals surface area contributed by atoms with E-state index < -0.39 is 12.1 Å². The topological polar surface area (TPSA) is 100 Å². The van der Waals surface area contributed by atoms with E-state index in [1.54, 1.807) is 19.1 Å². The van der Waals surface area contributed by atoms with E-state index in [9.17, 15) is 14.4 Å². The maximum Gasteiger partial charge on any atom is 0.242 e. The molecule has 2 unspecified atom stereocenters. The van der Waals surface area contributed by atoms with Crippen LogP contribution in [0.5, 0.6) is 0 Å². The number of hydrogen-bond acceptors (Lipinski definition) is 4. The number of furan rings is 1. The minimum Gasteiger partial charge on any atom is -0.467 e. The zero-order chi connectivity index (χ0) is 19.8. The molecule has 0 aliphatic heterocycles. The Kier molecular flexibility index (Phi) is 7.16. The Morgan fingerprint density at radius 2 is 1.78 bits per heavy atom. The third-order valence-electron chi connectivity index (χ3n) is 4.03. The van der Waals surface area contributed by atoms with Crippen LogP contribution in [-0.2, 0) is 20.9 Å². The number of amides is 3. The molecule has 0 saturated carbocycles. The summed E-state index contributed by atoms with van der Waals surface area (Å²) in [5.41, 5.74) is 1.92. The van der Waals surface area contributed by atoms with Gasteiger partial charge in [0, 0.05) is 6.92 Å². The van der Waals surface area contributed by atoms with E-state index in [1.807, 2.05) is 31.2 Å². The molecule has 0 spiro atoms. The number of aryl methyl sites for hydroxylation is 1. The molecule has 7 heteroatoms. The molecule has 0 aliphatic rings. The van der Waals surface area contributed by atoms with Crippen LogP contribution in [0.3, 0.4) is 0 Å². The minimum atomic E-state index is -0.705. The van der Waals surface area contributed by atoms with Crippen LogP contribution in [-0.4, -0.2) is 23.8 Å². The van der Waals surface area contributed by atoms with Crippen molar-refractivity contribution in [3.63, 3.8) is 0 Å². The molecule has 0 bridgehead atoms. The minimum absolute atomic E-state index is 0.0401. The Labute approximate surface area is 158 Å². The highest BCUT2D eigenvalue weighted by Crippen LogP contribution is 2.17. The van der Waals surface area contributed by atoms with Gasteiger partial charge in [-0.1, -0.05) is 29.8 Å². The molecule has 3 amide bonds. The van der Waals surface area contributed by atoms with Gasteiger partial charge in [0.25, 0.3) is 0 Å². The lowest BCUT2D eigenvalue weighted by atomic mass is 10.0. The van der Waals surface area contributed by atoms with Crippen LogP contribution in [0.2, 0.25) is 0 Å². The van der Waals surface area contributed by atoms with Crippen LogP contribution in [0, 0.1) is 6.92 Å². The molecule has 0 radical (unpaired) electrons. The highest BCUT2D eigenvalue weighted by atomic mass is 16.3. The van der Waals surface area contributed by atoms with Gasteiger partial charge in [-0.3, -0.25) is 14.4 Å². The first kappa shape index (κ1) is 20.2.